The van der Waals surface area contributed by atoms with Crippen molar-refractivity contribution in [1.29, 1.82) is 0 Å². The first-order valence-electron chi connectivity index (χ1n) is 8.69. The fourth-order valence-corrected chi connectivity index (χ4v) is 2.96. The minimum absolute atomic E-state index is 0.0937. The molecule has 3 N–H and O–H groups in total. The Morgan fingerprint density at radius 2 is 1.86 bits per heavy atom. The smallest absolute Gasteiger partial charge is 0.371 e. The molecule has 0 aliphatic carbocycles. The number of rotatable bonds is 8. The van der Waals surface area contributed by atoms with Crippen LogP contribution in [0.1, 0.15) is 27.4 Å². The topological polar surface area (TPSA) is 110 Å². The van der Waals surface area contributed by atoms with Crippen molar-refractivity contribution in [3.63, 3.8) is 0 Å². The molecule has 1 heterocycles. The number of ether oxygens (including phenoxy) is 1. The van der Waals surface area contributed by atoms with E-state index in [1.165, 1.54) is 17.8 Å². The Kier molecular flexibility index (Phi) is 7.07. The van der Waals surface area contributed by atoms with Gasteiger partial charge in [0.2, 0.25) is 5.76 Å². The fourth-order valence-electron chi connectivity index (χ4n) is 2.35. The number of nitrogens with two attached hydrogens (primary N) is 1. The SMILES string of the molecule is NC(=NN=Cc1ccccc1OCc1ccc(C(=O)O)o1)SCc1ccccc1. The molecule has 0 atom stereocenters. The number of para-hydroxylation sites is 1. The summed E-state index contributed by atoms with van der Waals surface area (Å²) in [5.41, 5.74) is 7.76. The van der Waals surface area contributed by atoms with E-state index in [0.717, 1.165) is 5.56 Å². The van der Waals surface area contributed by atoms with Crippen LogP contribution in [-0.2, 0) is 12.4 Å². The molecule has 0 amide bonds. The minimum atomic E-state index is -1.12. The van der Waals surface area contributed by atoms with Gasteiger partial charge in [-0.15, -0.1) is 5.10 Å². The largest absolute Gasteiger partial charge is 0.485 e. The van der Waals surface area contributed by atoms with Gasteiger partial charge in [0, 0.05) is 11.3 Å². The third-order valence-electron chi connectivity index (χ3n) is 3.74. The van der Waals surface area contributed by atoms with Gasteiger partial charge in [0.1, 0.15) is 18.1 Å². The second-order valence-corrected chi connectivity index (χ2v) is 6.85. The number of hydrogen-bond donors (Lipinski definition) is 2. The molecule has 29 heavy (non-hydrogen) atoms. The molecular formula is C21H19N3O4S. The second kappa shape index (κ2) is 10.1. The Labute approximate surface area is 171 Å². The van der Waals surface area contributed by atoms with Gasteiger partial charge < -0.3 is 20.0 Å². The maximum absolute atomic E-state index is 10.9. The van der Waals surface area contributed by atoms with E-state index < -0.39 is 5.97 Å². The van der Waals surface area contributed by atoms with Crippen LogP contribution in [-0.4, -0.2) is 22.5 Å². The summed E-state index contributed by atoms with van der Waals surface area (Å²) in [5, 5.41) is 17.3. The number of furan rings is 1. The summed E-state index contributed by atoms with van der Waals surface area (Å²) >= 11 is 1.40. The molecule has 3 aromatic rings. The van der Waals surface area contributed by atoms with E-state index >= 15 is 0 Å². The summed E-state index contributed by atoms with van der Waals surface area (Å²) in [5.74, 6) is 0.442. The van der Waals surface area contributed by atoms with Crippen LogP contribution in [0, 0.1) is 0 Å². The van der Waals surface area contributed by atoms with Gasteiger partial charge in [-0.05, 0) is 29.8 Å². The summed E-state index contributed by atoms with van der Waals surface area (Å²) in [6.07, 6.45) is 1.55. The summed E-state index contributed by atoms with van der Waals surface area (Å²) < 4.78 is 10.9. The predicted molar refractivity (Wildman–Crippen MR) is 113 cm³/mol. The van der Waals surface area contributed by atoms with Crippen LogP contribution < -0.4 is 10.5 Å². The van der Waals surface area contributed by atoms with Gasteiger partial charge >= 0.3 is 5.97 Å². The standard InChI is InChI=1S/C21H19N3O4S/c22-21(29-14-15-6-2-1-3-7-15)24-23-12-16-8-4-5-9-18(16)27-13-17-10-11-19(28-17)20(25)26/h1-12H,13-14H2,(H2,22,24)(H,25,26). The molecule has 0 fully saturated rings. The molecule has 0 aliphatic rings. The van der Waals surface area contributed by atoms with Crippen LogP contribution in [0.2, 0.25) is 0 Å². The Morgan fingerprint density at radius 1 is 1.10 bits per heavy atom. The number of amidine groups is 1. The van der Waals surface area contributed by atoms with Gasteiger partial charge in [-0.1, -0.05) is 54.2 Å². The highest BCUT2D eigenvalue weighted by Crippen LogP contribution is 2.19. The molecule has 3 rings (SSSR count). The van der Waals surface area contributed by atoms with E-state index in [4.69, 9.17) is 20.0 Å². The lowest BCUT2D eigenvalue weighted by Crippen LogP contribution is -2.06. The fraction of sp³-hybridized carbons (Fsp3) is 0.0952. The van der Waals surface area contributed by atoms with Crippen molar-refractivity contribution in [1.82, 2.24) is 0 Å². The van der Waals surface area contributed by atoms with Crippen LogP contribution in [0.15, 0.2) is 81.4 Å². The molecule has 0 saturated carbocycles. The molecular weight excluding hydrogens is 390 g/mol. The third-order valence-corrected chi connectivity index (χ3v) is 4.60. The Balaban J connectivity index is 1.58. The first-order chi connectivity index (χ1) is 14.1. The van der Waals surface area contributed by atoms with E-state index in [-0.39, 0.29) is 12.4 Å². The number of hydrogen-bond acceptors (Lipinski definition) is 6. The molecule has 0 aliphatic heterocycles. The first-order valence-corrected chi connectivity index (χ1v) is 9.67. The number of carbonyl (C=O) groups is 1. The Bertz CT molecular complexity index is 1020. The van der Waals surface area contributed by atoms with Gasteiger partial charge in [-0.25, -0.2) is 4.79 Å². The van der Waals surface area contributed by atoms with Gasteiger partial charge in [-0.2, -0.15) is 5.10 Å². The first kappa shape index (κ1) is 20.2. The monoisotopic (exact) mass is 409 g/mol. The zero-order valence-electron chi connectivity index (χ0n) is 15.4. The Hall–Kier alpha value is -3.52. The quantitative estimate of drug-likeness (QED) is 0.329. The molecule has 148 valence electrons. The molecule has 1 aromatic heterocycles. The number of benzene rings is 2. The molecule has 0 saturated heterocycles. The normalized spacial score (nSPS) is 11.7. The van der Waals surface area contributed by atoms with Crippen LogP contribution in [0.4, 0.5) is 0 Å². The highest BCUT2D eigenvalue weighted by molar-refractivity contribution is 8.13. The number of aromatic carboxylic acids is 1. The summed E-state index contributed by atoms with van der Waals surface area (Å²) in [6, 6.07) is 20.2. The highest BCUT2D eigenvalue weighted by atomic mass is 32.2. The average Bonchev–Trinajstić information content (AvgIpc) is 3.22. The van der Waals surface area contributed by atoms with Crippen LogP contribution in [0.3, 0.4) is 0 Å². The van der Waals surface area contributed by atoms with Crippen LogP contribution in [0.5, 0.6) is 5.75 Å². The number of thioether (sulfide) groups is 1. The van der Waals surface area contributed by atoms with Crippen molar-refractivity contribution < 1.29 is 19.1 Å². The van der Waals surface area contributed by atoms with E-state index in [0.29, 0.717) is 28.0 Å². The van der Waals surface area contributed by atoms with Crippen LogP contribution in [0.25, 0.3) is 0 Å². The maximum Gasteiger partial charge on any atom is 0.371 e. The second-order valence-electron chi connectivity index (χ2n) is 5.85. The molecule has 0 unspecified atom stereocenters. The van der Waals surface area contributed by atoms with Crippen molar-refractivity contribution in [2.75, 3.05) is 0 Å². The van der Waals surface area contributed by atoms with Gasteiger partial charge in [0.25, 0.3) is 0 Å². The number of carboxylic acids is 1. The van der Waals surface area contributed by atoms with Gasteiger partial charge in [0.05, 0.1) is 6.21 Å². The lowest BCUT2D eigenvalue weighted by molar-refractivity contribution is 0.0658. The summed E-state index contributed by atoms with van der Waals surface area (Å²) in [7, 11) is 0. The van der Waals surface area contributed by atoms with E-state index in [1.807, 2.05) is 48.5 Å². The van der Waals surface area contributed by atoms with Crippen molar-refractivity contribution in [2.24, 2.45) is 15.9 Å². The lowest BCUT2D eigenvalue weighted by atomic mass is 10.2. The third kappa shape index (κ3) is 6.25. The lowest BCUT2D eigenvalue weighted by Gasteiger charge is -2.07. The van der Waals surface area contributed by atoms with Gasteiger partial charge in [0.15, 0.2) is 5.17 Å². The van der Waals surface area contributed by atoms with Crippen molar-refractivity contribution in [3.05, 3.63) is 89.4 Å². The summed E-state index contributed by atoms with van der Waals surface area (Å²) in [4.78, 5) is 10.9. The van der Waals surface area contributed by atoms with Crippen molar-refractivity contribution in [3.8, 4) is 5.75 Å². The minimum Gasteiger partial charge on any atom is -0.485 e. The molecule has 7 nitrogen and oxygen atoms in total. The highest BCUT2D eigenvalue weighted by Gasteiger charge is 2.10. The van der Waals surface area contributed by atoms with Crippen molar-refractivity contribution in [2.45, 2.75) is 12.4 Å². The van der Waals surface area contributed by atoms with E-state index in [2.05, 4.69) is 10.2 Å². The molecule has 0 spiro atoms. The molecule has 8 heteroatoms. The van der Waals surface area contributed by atoms with Crippen LogP contribution >= 0.6 is 11.8 Å². The molecule has 2 aromatic carbocycles. The van der Waals surface area contributed by atoms with Gasteiger partial charge in [-0.3, -0.25) is 0 Å². The number of carboxylic acid groups (broad SMARTS) is 1. The van der Waals surface area contributed by atoms with E-state index in [9.17, 15) is 4.79 Å². The zero-order valence-corrected chi connectivity index (χ0v) is 16.2. The average molecular weight is 409 g/mol. The molecule has 0 bridgehead atoms. The van der Waals surface area contributed by atoms with E-state index in [1.54, 1.807) is 18.3 Å². The summed E-state index contributed by atoms with van der Waals surface area (Å²) in [6.45, 7) is 0.0937. The Morgan fingerprint density at radius 3 is 2.62 bits per heavy atom. The van der Waals surface area contributed by atoms with Crippen molar-refractivity contribution >= 4 is 29.1 Å². The number of nitrogens with zero attached hydrogens (tertiary/aromatic N) is 2. The zero-order chi connectivity index (χ0) is 20.5. The predicted octanol–water partition coefficient (Wildman–Crippen LogP) is 4.14. The molecule has 0 radical (unpaired) electrons. The maximum atomic E-state index is 10.9.